The monoisotopic (exact) mass is 282 g/mol. The van der Waals surface area contributed by atoms with E-state index < -0.39 is 0 Å². The summed E-state index contributed by atoms with van der Waals surface area (Å²) < 4.78 is 5.20. The summed E-state index contributed by atoms with van der Waals surface area (Å²) >= 11 is 0. The molecule has 0 aromatic rings. The van der Waals surface area contributed by atoms with Gasteiger partial charge in [-0.15, -0.1) is 0 Å². The summed E-state index contributed by atoms with van der Waals surface area (Å²) in [5.41, 5.74) is 0.482. The van der Waals surface area contributed by atoms with Gasteiger partial charge in [-0.05, 0) is 38.6 Å². The fourth-order valence-electron chi connectivity index (χ4n) is 4.09. The van der Waals surface area contributed by atoms with Gasteiger partial charge in [0.2, 0.25) is 0 Å². The number of hydrogen-bond donors (Lipinski definition) is 1. The largest absolute Gasteiger partial charge is 0.385 e. The van der Waals surface area contributed by atoms with Crippen LogP contribution in [0.15, 0.2) is 0 Å². The highest BCUT2D eigenvalue weighted by Gasteiger charge is 2.41. The van der Waals surface area contributed by atoms with Crippen LogP contribution >= 0.6 is 0 Å². The van der Waals surface area contributed by atoms with Crippen molar-refractivity contribution in [1.29, 1.82) is 0 Å². The fraction of sp³-hybridized carbons (Fsp3) is 1.00. The lowest BCUT2D eigenvalue weighted by molar-refractivity contribution is 0.00621. The van der Waals surface area contributed by atoms with Crippen LogP contribution in [0.1, 0.15) is 64.7 Å². The minimum Gasteiger partial charge on any atom is -0.385 e. The lowest BCUT2D eigenvalue weighted by Gasteiger charge is -2.52. The van der Waals surface area contributed by atoms with Crippen molar-refractivity contribution in [3.8, 4) is 0 Å². The molecule has 1 spiro atoms. The van der Waals surface area contributed by atoms with E-state index in [9.17, 15) is 0 Å². The van der Waals surface area contributed by atoms with Gasteiger partial charge in [0.05, 0.1) is 0 Å². The number of methoxy groups -OCH3 is 1. The summed E-state index contributed by atoms with van der Waals surface area (Å²) in [4.78, 5) is 2.85. The van der Waals surface area contributed by atoms with Gasteiger partial charge in [0.15, 0.2) is 0 Å². The van der Waals surface area contributed by atoms with Gasteiger partial charge in [0, 0.05) is 38.4 Å². The maximum atomic E-state index is 5.20. The van der Waals surface area contributed by atoms with E-state index in [1.807, 2.05) is 7.11 Å². The predicted molar refractivity (Wildman–Crippen MR) is 85.2 cm³/mol. The predicted octanol–water partition coefficient (Wildman–Crippen LogP) is 3.19. The Morgan fingerprint density at radius 1 is 1.20 bits per heavy atom. The van der Waals surface area contributed by atoms with Gasteiger partial charge in [0.25, 0.3) is 0 Å². The molecule has 3 heteroatoms. The molecule has 2 aliphatic rings. The Morgan fingerprint density at radius 2 is 2.00 bits per heavy atom. The molecule has 20 heavy (non-hydrogen) atoms. The van der Waals surface area contributed by atoms with Gasteiger partial charge >= 0.3 is 0 Å². The molecule has 1 saturated heterocycles. The molecule has 1 atom stereocenters. The van der Waals surface area contributed by atoms with Crippen molar-refractivity contribution in [2.24, 2.45) is 0 Å². The number of unbranched alkanes of at least 4 members (excludes halogenated alkanes) is 1. The summed E-state index contributed by atoms with van der Waals surface area (Å²) in [5, 5.41) is 3.85. The van der Waals surface area contributed by atoms with E-state index >= 15 is 0 Å². The first-order chi connectivity index (χ1) is 9.80. The van der Waals surface area contributed by atoms with Crippen molar-refractivity contribution in [3.05, 3.63) is 0 Å². The first kappa shape index (κ1) is 16.3. The van der Waals surface area contributed by atoms with Crippen LogP contribution in [0.3, 0.4) is 0 Å². The zero-order valence-electron chi connectivity index (χ0n) is 13.6. The molecule has 2 fully saturated rings. The zero-order valence-corrected chi connectivity index (χ0v) is 13.6. The van der Waals surface area contributed by atoms with Crippen molar-refractivity contribution in [3.63, 3.8) is 0 Å². The second-order valence-corrected chi connectivity index (χ2v) is 6.80. The highest BCUT2D eigenvalue weighted by Crippen LogP contribution is 2.35. The fourth-order valence-corrected chi connectivity index (χ4v) is 4.09. The summed E-state index contributed by atoms with van der Waals surface area (Å²) in [5.74, 6) is 0. The number of rotatable bonds is 7. The Kier molecular flexibility index (Phi) is 6.79. The SMILES string of the molecule is CCCC1CN(CCCCOC)C2(CCCCC2)CN1. The Labute approximate surface area is 125 Å². The van der Waals surface area contributed by atoms with Gasteiger partial charge in [-0.2, -0.15) is 0 Å². The quantitative estimate of drug-likeness (QED) is 0.726. The molecule has 0 aromatic heterocycles. The molecule has 1 aliphatic carbocycles. The maximum Gasteiger partial charge on any atom is 0.0462 e. The van der Waals surface area contributed by atoms with E-state index in [2.05, 4.69) is 17.1 Å². The summed E-state index contributed by atoms with van der Waals surface area (Å²) in [7, 11) is 1.81. The van der Waals surface area contributed by atoms with Gasteiger partial charge in [-0.3, -0.25) is 4.90 Å². The molecule has 0 amide bonds. The van der Waals surface area contributed by atoms with E-state index in [0.29, 0.717) is 5.54 Å². The third kappa shape index (κ3) is 4.19. The Hall–Kier alpha value is -0.120. The molecule has 1 aliphatic heterocycles. The molecular weight excluding hydrogens is 248 g/mol. The average Bonchev–Trinajstić information content (AvgIpc) is 2.48. The van der Waals surface area contributed by atoms with Crippen molar-refractivity contribution in [2.75, 3.05) is 33.4 Å². The third-order valence-electron chi connectivity index (χ3n) is 5.28. The van der Waals surface area contributed by atoms with Crippen LogP contribution < -0.4 is 5.32 Å². The van der Waals surface area contributed by atoms with Crippen molar-refractivity contribution in [2.45, 2.75) is 76.3 Å². The summed E-state index contributed by atoms with van der Waals surface area (Å²) in [6.45, 7) is 6.97. The molecule has 1 saturated carbocycles. The number of hydrogen-bond acceptors (Lipinski definition) is 3. The lowest BCUT2D eigenvalue weighted by Crippen LogP contribution is -2.65. The van der Waals surface area contributed by atoms with Gasteiger partial charge < -0.3 is 10.1 Å². The van der Waals surface area contributed by atoms with Crippen LogP contribution in [-0.2, 0) is 4.74 Å². The number of ether oxygens (including phenoxy) is 1. The summed E-state index contributed by atoms with van der Waals surface area (Å²) in [6, 6.07) is 0.718. The number of nitrogens with one attached hydrogen (secondary N) is 1. The van der Waals surface area contributed by atoms with Gasteiger partial charge in [0.1, 0.15) is 0 Å². The average molecular weight is 282 g/mol. The molecule has 3 nitrogen and oxygen atoms in total. The van der Waals surface area contributed by atoms with Gasteiger partial charge in [-0.1, -0.05) is 32.6 Å². The smallest absolute Gasteiger partial charge is 0.0462 e. The van der Waals surface area contributed by atoms with E-state index in [1.54, 1.807) is 0 Å². The molecule has 118 valence electrons. The molecular formula is C17H34N2O. The number of nitrogens with zero attached hydrogens (tertiary/aromatic N) is 1. The topological polar surface area (TPSA) is 24.5 Å². The summed E-state index contributed by atoms with van der Waals surface area (Å²) in [6.07, 6.45) is 12.2. The van der Waals surface area contributed by atoms with Crippen LogP contribution in [0.2, 0.25) is 0 Å². The van der Waals surface area contributed by atoms with Crippen LogP contribution in [-0.4, -0.2) is 49.8 Å². The number of piperazine rings is 1. The first-order valence-corrected chi connectivity index (χ1v) is 8.78. The van der Waals surface area contributed by atoms with E-state index in [0.717, 1.165) is 12.6 Å². The zero-order chi connectivity index (χ0) is 14.3. The lowest BCUT2D eigenvalue weighted by atomic mass is 9.78. The van der Waals surface area contributed by atoms with Crippen LogP contribution in [0.5, 0.6) is 0 Å². The van der Waals surface area contributed by atoms with E-state index in [1.165, 1.54) is 77.4 Å². The second kappa shape index (κ2) is 8.35. The minimum absolute atomic E-state index is 0.482. The Bertz CT molecular complexity index is 264. The molecule has 1 unspecified atom stereocenters. The molecule has 0 radical (unpaired) electrons. The molecule has 1 heterocycles. The second-order valence-electron chi connectivity index (χ2n) is 6.80. The van der Waals surface area contributed by atoms with Crippen molar-refractivity contribution >= 4 is 0 Å². The Balaban J connectivity index is 1.90. The molecule has 2 rings (SSSR count). The van der Waals surface area contributed by atoms with Crippen LogP contribution in [0, 0.1) is 0 Å². The first-order valence-electron chi connectivity index (χ1n) is 8.78. The normalized spacial score (nSPS) is 27.0. The van der Waals surface area contributed by atoms with E-state index in [4.69, 9.17) is 4.74 Å². The van der Waals surface area contributed by atoms with E-state index in [-0.39, 0.29) is 0 Å². The van der Waals surface area contributed by atoms with Crippen LogP contribution in [0.25, 0.3) is 0 Å². The highest BCUT2D eigenvalue weighted by atomic mass is 16.5. The van der Waals surface area contributed by atoms with Gasteiger partial charge in [-0.25, -0.2) is 0 Å². The minimum atomic E-state index is 0.482. The molecule has 1 N–H and O–H groups in total. The van der Waals surface area contributed by atoms with Crippen molar-refractivity contribution in [1.82, 2.24) is 10.2 Å². The standard InChI is InChI=1S/C17H34N2O/c1-3-9-16-14-19(12-7-8-13-20-2)17(15-18-16)10-5-4-6-11-17/h16,18H,3-15H2,1-2H3. The molecule has 0 bridgehead atoms. The van der Waals surface area contributed by atoms with Crippen molar-refractivity contribution < 1.29 is 4.74 Å². The molecule has 0 aromatic carbocycles. The third-order valence-corrected chi connectivity index (χ3v) is 5.28. The Morgan fingerprint density at radius 3 is 2.70 bits per heavy atom. The maximum absolute atomic E-state index is 5.20. The highest BCUT2D eigenvalue weighted by molar-refractivity contribution is 5.00. The van der Waals surface area contributed by atoms with Crippen LogP contribution in [0.4, 0.5) is 0 Å².